The quantitative estimate of drug-likeness (QED) is 0.728. The van der Waals surface area contributed by atoms with Gasteiger partial charge in [0.1, 0.15) is 12.6 Å². The van der Waals surface area contributed by atoms with Crippen molar-refractivity contribution in [3.8, 4) is 0 Å². The van der Waals surface area contributed by atoms with Crippen LogP contribution in [0.2, 0.25) is 5.02 Å². The van der Waals surface area contributed by atoms with Crippen molar-refractivity contribution in [3.05, 3.63) is 70.7 Å². The monoisotopic (exact) mass is 304 g/mol. The van der Waals surface area contributed by atoms with E-state index < -0.39 is 0 Å². The summed E-state index contributed by atoms with van der Waals surface area (Å²) < 4.78 is 7.06. The van der Waals surface area contributed by atoms with Crippen LogP contribution in [-0.4, -0.2) is 38.8 Å². The summed E-state index contributed by atoms with van der Waals surface area (Å²) in [5.41, 5.74) is 2.30. The highest BCUT2D eigenvalue weighted by Crippen LogP contribution is 2.27. The Hall–Kier alpha value is -1.35. The molecule has 0 aliphatic rings. The van der Waals surface area contributed by atoms with E-state index in [0.717, 1.165) is 21.6 Å². The second-order valence-electron chi connectivity index (χ2n) is 6.23. The van der Waals surface area contributed by atoms with E-state index >= 15 is 0 Å². The molecule has 2 rings (SSSR count). The maximum Gasteiger partial charge on any atom is 0.108 e. The van der Waals surface area contributed by atoms with Crippen LogP contribution in [0.5, 0.6) is 0 Å². The van der Waals surface area contributed by atoms with Crippen LogP contribution in [0.4, 0.5) is 0 Å². The van der Waals surface area contributed by atoms with Gasteiger partial charge in [0.05, 0.1) is 27.7 Å². The van der Waals surface area contributed by atoms with Gasteiger partial charge >= 0.3 is 0 Å². The molecule has 0 aliphatic carbocycles. The predicted molar refractivity (Wildman–Crippen MR) is 88.6 cm³/mol. The number of hydrogen-bond donors (Lipinski definition) is 0. The fourth-order valence-corrected chi connectivity index (χ4v) is 2.22. The molecule has 1 atom stereocenters. The highest BCUT2D eigenvalue weighted by Gasteiger charge is 2.16. The second-order valence-corrected chi connectivity index (χ2v) is 6.66. The van der Waals surface area contributed by atoms with Gasteiger partial charge in [-0.1, -0.05) is 54.1 Å². The van der Waals surface area contributed by atoms with Crippen molar-refractivity contribution in [2.45, 2.75) is 6.10 Å². The molecule has 0 N–H and O–H groups in total. The zero-order valence-corrected chi connectivity index (χ0v) is 13.7. The van der Waals surface area contributed by atoms with Gasteiger partial charge in [-0.25, -0.2) is 0 Å². The summed E-state index contributed by atoms with van der Waals surface area (Å²) in [6.45, 7) is 1.68. The lowest BCUT2D eigenvalue weighted by Crippen LogP contribution is -2.37. The second kappa shape index (κ2) is 7.08. The third-order valence-electron chi connectivity index (χ3n) is 3.32. The van der Waals surface area contributed by atoms with Gasteiger partial charge in [-0.15, -0.1) is 0 Å². The van der Waals surface area contributed by atoms with Gasteiger partial charge < -0.3 is 9.22 Å². The molecule has 2 aromatic rings. The van der Waals surface area contributed by atoms with Crippen LogP contribution in [0, 0.1) is 0 Å². The van der Waals surface area contributed by atoms with Crippen LogP contribution >= 0.6 is 11.6 Å². The van der Waals surface area contributed by atoms with Crippen molar-refractivity contribution >= 4 is 11.6 Å². The van der Waals surface area contributed by atoms with Crippen LogP contribution in [0.3, 0.4) is 0 Å². The summed E-state index contributed by atoms with van der Waals surface area (Å²) in [4.78, 5) is 0. The van der Waals surface area contributed by atoms with Crippen molar-refractivity contribution in [2.75, 3.05) is 34.3 Å². The van der Waals surface area contributed by atoms with Crippen LogP contribution in [0.1, 0.15) is 17.2 Å². The number of benzene rings is 2. The van der Waals surface area contributed by atoms with E-state index in [1.54, 1.807) is 0 Å². The molecule has 0 fully saturated rings. The number of hydrogen-bond acceptors (Lipinski definition) is 1. The minimum atomic E-state index is -0.0463. The molecule has 0 aromatic heterocycles. The standard InChI is InChI=1S/C18H23ClNO/c1-20(2,3)13-14-21-18(15-7-5-4-6-8-15)16-9-11-17(19)12-10-16/h4-12,18H,13-14H2,1-3H3/q+1. The van der Waals surface area contributed by atoms with Gasteiger partial charge in [-0.3, -0.25) is 0 Å². The Morgan fingerprint density at radius 2 is 1.48 bits per heavy atom. The van der Waals surface area contributed by atoms with Crippen molar-refractivity contribution in [3.63, 3.8) is 0 Å². The molecular weight excluding hydrogens is 282 g/mol. The summed E-state index contributed by atoms with van der Waals surface area (Å²) in [6.07, 6.45) is -0.0463. The zero-order chi connectivity index (χ0) is 15.3. The van der Waals surface area contributed by atoms with Crippen molar-refractivity contribution in [1.82, 2.24) is 0 Å². The van der Waals surface area contributed by atoms with Gasteiger partial charge in [0.15, 0.2) is 0 Å². The first-order chi connectivity index (χ1) is 9.96. The molecule has 0 saturated carbocycles. The lowest BCUT2D eigenvalue weighted by atomic mass is 10.0. The lowest BCUT2D eigenvalue weighted by molar-refractivity contribution is -0.870. The first-order valence-corrected chi connectivity index (χ1v) is 7.56. The minimum Gasteiger partial charge on any atom is -0.363 e. The first kappa shape index (κ1) is 16.0. The largest absolute Gasteiger partial charge is 0.363 e. The zero-order valence-electron chi connectivity index (χ0n) is 12.9. The van der Waals surface area contributed by atoms with E-state index in [0.29, 0.717) is 6.61 Å². The van der Waals surface area contributed by atoms with E-state index in [-0.39, 0.29) is 6.10 Å². The molecule has 21 heavy (non-hydrogen) atoms. The Bertz CT molecular complexity index is 546. The maximum atomic E-state index is 6.17. The van der Waals surface area contributed by atoms with E-state index in [2.05, 4.69) is 33.3 Å². The fourth-order valence-electron chi connectivity index (χ4n) is 2.09. The number of rotatable bonds is 6. The average molecular weight is 305 g/mol. The number of nitrogens with zero attached hydrogens (tertiary/aromatic N) is 1. The summed E-state index contributed by atoms with van der Waals surface area (Å²) >= 11 is 5.98. The van der Waals surface area contributed by atoms with Gasteiger partial charge in [0.2, 0.25) is 0 Å². The maximum absolute atomic E-state index is 6.17. The number of halogens is 1. The third kappa shape index (κ3) is 5.16. The molecular formula is C18H23ClNO+. The Balaban J connectivity index is 2.17. The Labute approximate surface area is 132 Å². The van der Waals surface area contributed by atoms with E-state index in [1.165, 1.54) is 5.56 Å². The smallest absolute Gasteiger partial charge is 0.108 e. The van der Waals surface area contributed by atoms with Crippen molar-refractivity contribution < 1.29 is 9.22 Å². The molecule has 0 saturated heterocycles. The number of quaternary nitrogens is 1. The minimum absolute atomic E-state index is 0.0463. The highest BCUT2D eigenvalue weighted by molar-refractivity contribution is 6.30. The molecule has 0 heterocycles. The third-order valence-corrected chi connectivity index (χ3v) is 3.57. The van der Waals surface area contributed by atoms with Crippen molar-refractivity contribution in [2.24, 2.45) is 0 Å². The SMILES string of the molecule is C[N+](C)(C)CCOC(c1ccccc1)c1ccc(Cl)cc1. The van der Waals surface area contributed by atoms with Gasteiger partial charge in [-0.05, 0) is 23.3 Å². The lowest BCUT2D eigenvalue weighted by Gasteiger charge is -2.26. The van der Waals surface area contributed by atoms with Gasteiger partial charge in [0.25, 0.3) is 0 Å². The van der Waals surface area contributed by atoms with Crippen LogP contribution < -0.4 is 0 Å². The Kier molecular flexibility index (Phi) is 5.40. The average Bonchev–Trinajstić information content (AvgIpc) is 2.45. The Morgan fingerprint density at radius 1 is 0.905 bits per heavy atom. The number of ether oxygens (including phenoxy) is 1. The van der Waals surface area contributed by atoms with Crippen LogP contribution in [-0.2, 0) is 4.74 Å². The molecule has 3 heteroatoms. The van der Waals surface area contributed by atoms with E-state index in [1.807, 2.05) is 42.5 Å². The number of likely N-dealkylation sites (N-methyl/N-ethyl adjacent to an activating group) is 1. The normalized spacial score (nSPS) is 13.1. The van der Waals surface area contributed by atoms with Gasteiger partial charge in [-0.2, -0.15) is 0 Å². The van der Waals surface area contributed by atoms with Crippen LogP contribution in [0.15, 0.2) is 54.6 Å². The van der Waals surface area contributed by atoms with Gasteiger partial charge in [0, 0.05) is 5.02 Å². The predicted octanol–water partition coefficient (Wildman–Crippen LogP) is 4.15. The molecule has 0 spiro atoms. The molecule has 0 aliphatic heterocycles. The molecule has 0 amide bonds. The molecule has 1 unspecified atom stereocenters. The fraction of sp³-hybridized carbons (Fsp3) is 0.333. The molecule has 2 aromatic carbocycles. The van der Waals surface area contributed by atoms with Crippen LogP contribution in [0.25, 0.3) is 0 Å². The summed E-state index contributed by atoms with van der Waals surface area (Å²) in [6, 6.07) is 18.2. The van der Waals surface area contributed by atoms with E-state index in [4.69, 9.17) is 16.3 Å². The topological polar surface area (TPSA) is 9.23 Å². The summed E-state index contributed by atoms with van der Waals surface area (Å²) in [5.74, 6) is 0. The first-order valence-electron chi connectivity index (χ1n) is 7.18. The highest BCUT2D eigenvalue weighted by atomic mass is 35.5. The van der Waals surface area contributed by atoms with Crippen molar-refractivity contribution in [1.29, 1.82) is 0 Å². The summed E-state index contributed by atoms with van der Waals surface area (Å²) in [7, 11) is 6.51. The molecule has 0 bridgehead atoms. The molecule has 0 radical (unpaired) electrons. The van der Waals surface area contributed by atoms with E-state index in [9.17, 15) is 0 Å². The Morgan fingerprint density at radius 3 is 2.05 bits per heavy atom. The molecule has 2 nitrogen and oxygen atoms in total. The summed E-state index contributed by atoms with van der Waals surface area (Å²) in [5, 5.41) is 0.747. The molecule has 112 valence electrons.